The average molecular weight is 556 g/mol. The van der Waals surface area contributed by atoms with Gasteiger partial charge in [-0.2, -0.15) is 0 Å². The molecule has 3 atom stereocenters. The number of ether oxygens (including phenoxy) is 4. The summed E-state index contributed by atoms with van der Waals surface area (Å²) in [6.07, 6.45) is -0.601. The zero-order chi connectivity index (χ0) is 29.8. The molecule has 4 bridgehead atoms. The maximum Gasteiger partial charge on any atom is 0.410 e. The normalized spacial score (nSPS) is 19.4. The predicted octanol–water partition coefficient (Wildman–Crippen LogP) is 3.00. The van der Waals surface area contributed by atoms with Crippen molar-refractivity contribution < 1.29 is 38.1 Å². The van der Waals surface area contributed by atoms with Gasteiger partial charge >= 0.3 is 12.1 Å². The Morgan fingerprint density at radius 2 is 1.50 bits per heavy atom. The summed E-state index contributed by atoms with van der Waals surface area (Å²) in [4.78, 5) is 53.6. The van der Waals surface area contributed by atoms with Crippen LogP contribution in [0.2, 0.25) is 0 Å². The Labute approximate surface area is 234 Å². The van der Waals surface area contributed by atoms with E-state index in [-0.39, 0.29) is 6.42 Å². The Morgan fingerprint density at radius 1 is 0.900 bits per heavy atom. The second-order valence-electron chi connectivity index (χ2n) is 10.5. The van der Waals surface area contributed by atoms with Crippen LogP contribution in [0.5, 0.6) is 11.5 Å². The zero-order valence-electron chi connectivity index (χ0n) is 24.1. The van der Waals surface area contributed by atoms with Crippen molar-refractivity contribution in [3.05, 3.63) is 47.5 Å². The van der Waals surface area contributed by atoms with Crippen LogP contribution in [0, 0.1) is 0 Å². The number of hydrogen-bond donors (Lipinski definition) is 2. The van der Waals surface area contributed by atoms with Gasteiger partial charge in [0, 0.05) is 24.6 Å². The van der Waals surface area contributed by atoms with E-state index >= 15 is 0 Å². The third kappa shape index (κ3) is 6.83. The molecule has 0 radical (unpaired) electrons. The number of nitrogens with one attached hydrogen (secondary N) is 2. The lowest BCUT2D eigenvalue weighted by molar-refractivity contribution is -0.145. The van der Waals surface area contributed by atoms with Crippen LogP contribution in [0.15, 0.2) is 36.4 Å². The lowest BCUT2D eigenvalue weighted by atomic mass is 9.94. The van der Waals surface area contributed by atoms with Crippen molar-refractivity contribution >= 4 is 23.9 Å². The highest BCUT2D eigenvalue weighted by atomic mass is 16.6. The molecule has 216 valence electrons. The summed E-state index contributed by atoms with van der Waals surface area (Å²) in [5, 5.41) is 5.34. The van der Waals surface area contributed by atoms with Crippen molar-refractivity contribution in [2.24, 2.45) is 0 Å². The van der Waals surface area contributed by atoms with Crippen LogP contribution in [-0.2, 0) is 30.3 Å². The Morgan fingerprint density at radius 3 is 2.08 bits per heavy atom. The fourth-order valence-electron chi connectivity index (χ4n) is 4.41. The molecule has 1 aliphatic rings. The van der Waals surface area contributed by atoms with E-state index in [1.165, 1.54) is 40.2 Å². The minimum Gasteiger partial charge on any atom is -0.496 e. The van der Waals surface area contributed by atoms with Crippen molar-refractivity contribution in [2.45, 2.75) is 57.8 Å². The molecule has 3 amide bonds. The predicted molar refractivity (Wildman–Crippen MR) is 147 cm³/mol. The van der Waals surface area contributed by atoms with E-state index in [0.29, 0.717) is 28.2 Å². The molecule has 0 aromatic heterocycles. The number of nitrogens with zero attached hydrogens (tertiary/aromatic N) is 1. The summed E-state index contributed by atoms with van der Waals surface area (Å²) in [5.41, 5.74) is 1.58. The summed E-state index contributed by atoms with van der Waals surface area (Å²) in [7, 11) is 5.73. The third-order valence-electron chi connectivity index (χ3n) is 6.40. The molecule has 0 fully saturated rings. The molecule has 2 aromatic rings. The largest absolute Gasteiger partial charge is 0.496 e. The van der Waals surface area contributed by atoms with Gasteiger partial charge in [-0.3, -0.25) is 14.5 Å². The standard InChI is InChI=1S/C29H37N3O8/c1-16-25(33)31-21(27(35)39-8)14-17-9-11-22(37-6)19(13-17)20-15-18(10-12-23(20)38-7)24(26(34)30-16)32(5)28(36)40-29(2,3)4/h9-13,15-16,21,24H,14H2,1-8H3,(H,30,34)(H,31,33)/t16-,21-,24?/m0/s1. The maximum absolute atomic E-state index is 13.7. The van der Waals surface area contributed by atoms with Crippen LogP contribution in [0.1, 0.15) is 44.9 Å². The van der Waals surface area contributed by atoms with Gasteiger partial charge in [-0.1, -0.05) is 12.1 Å². The molecule has 1 heterocycles. The van der Waals surface area contributed by atoms with Gasteiger partial charge in [-0.25, -0.2) is 9.59 Å². The van der Waals surface area contributed by atoms with Crippen LogP contribution in [-0.4, -0.2) is 74.8 Å². The molecule has 2 aromatic carbocycles. The van der Waals surface area contributed by atoms with E-state index in [1.807, 2.05) is 6.07 Å². The van der Waals surface area contributed by atoms with Gasteiger partial charge < -0.3 is 29.6 Å². The molecule has 0 saturated heterocycles. The summed E-state index contributed by atoms with van der Waals surface area (Å²) < 4.78 is 21.7. The van der Waals surface area contributed by atoms with Crippen molar-refractivity contribution in [1.82, 2.24) is 15.5 Å². The molecule has 40 heavy (non-hydrogen) atoms. The van der Waals surface area contributed by atoms with E-state index in [0.717, 1.165) is 5.56 Å². The molecule has 11 nitrogen and oxygen atoms in total. The number of carbonyl (C=O) groups excluding carboxylic acids is 4. The first-order chi connectivity index (χ1) is 18.8. The number of hydrogen-bond acceptors (Lipinski definition) is 8. The molecular weight excluding hydrogens is 518 g/mol. The summed E-state index contributed by atoms with van der Waals surface area (Å²) in [5.74, 6) is -0.849. The number of rotatable bonds is 4. The first-order valence-corrected chi connectivity index (χ1v) is 12.8. The number of carbonyl (C=O) groups is 4. The van der Waals surface area contributed by atoms with E-state index in [4.69, 9.17) is 18.9 Å². The van der Waals surface area contributed by atoms with E-state index in [9.17, 15) is 19.2 Å². The number of amides is 3. The molecule has 1 aliphatic heterocycles. The minimum absolute atomic E-state index is 0.127. The van der Waals surface area contributed by atoms with Crippen molar-refractivity contribution in [3.8, 4) is 22.6 Å². The molecular formula is C29H37N3O8. The SMILES string of the molecule is COC(=O)[C@@H]1Cc2ccc(OC)c(c2)-c2cc(ccc2OC)C(N(C)C(=O)OC(C)(C)C)C(=O)N[C@@H](C)C(=O)N1. The molecule has 0 aliphatic carbocycles. The van der Waals surface area contributed by atoms with Crippen molar-refractivity contribution in [3.63, 3.8) is 0 Å². The fraction of sp³-hybridized carbons (Fsp3) is 0.448. The molecule has 0 saturated carbocycles. The second-order valence-corrected chi connectivity index (χ2v) is 10.5. The number of methoxy groups -OCH3 is 3. The van der Waals surface area contributed by atoms with Gasteiger partial charge in [0.2, 0.25) is 11.8 Å². The Hall–Kier alpha value is -4.28. The Bertz CT molecular complexity index is 1290. The topological polar surface area (TPSA) is 132 Å². The van der Waals surface area contributed by atoms with E-state index < -0.39 is 47.6 Å². The van der Waals surface area contributed by atoms with Crippen molar-refractivity contribution in [1.29, 1.82) is 0 Å². The Kier molecular flexibility index (Phi) is 9.28. The molecule has 1 unspecified atom stereocenters. The smallest absolute Gasteiger partial charge is 0.410 e. The van der Waals surface area contributed by atoms with Crippen LogP contribution in [0.3, 0.4) is 0 Å². The zero-order valence-corrected chi connectivity index (χ0v) is 24.1. The number of fused-ring (bicyclic) bond motifs is 5. The molecule has 11 heteroatoms. The van der Waals surface area contributed by atoms with Gasteiger partial charge in [-0.05, 0) is 63.1 Å². The fourth-order valence-corrected chi connectivity index (χ4v) is 4.41. The van der Waals surface area contributed by atoms with Gasteiger partial charge in [-0.15, -0.1) is 0 Å². The number of esters is 1. The highest BCUT2D eigenvalue weighted by molar-refractivity contribution is 5.94. The lowest BCUT2D eigenvalue weighted by Gasteiger charge is -2.31. The van der Waals surface area contributed by atoms with E-state index in [2.05, 4.69) is 10.6 Å². The maximum atomic E-state index is 13.7. The third-order valence-corrected chi connectivity index (χ3v) is 6.40. The van der Waals surface area contributed by atoms with Gasteiger partial charge in [0.05, 0.1) is 21.3 Å². The van der Waals surface area contributed by atoms with Gasteiger partial charge in [0.1, 0.15) is 35.2 Å². The number of benzene rings is 2. The average Bonchev–Trinajstić information content (AvgIpc) is 2.90. The quantitative estimate of drug-likeness (QED) is 0.551. The van der Waals surface area contributed by atoms with Crippen LogP contribution >= 0.6 is 0 Å². The Balaban J connectivity index is 2.27. The molecule has 3 rings (SSSR count). The lowest BCUT2D eigenvalue weighted by Crippen LogP contribution is -2.53. The monoisotopic (exact) mass is 555 g/mol. The summed E-state index contributed by atoms with van der Waals surface area (Å²) >= 11 is 0. The highest BCUT2D eigenvalue weighted by Crippen LogP contribution is 2.39. The first-order valence-electron chi connectivity index (χ1n) is 12.8. The van der Waals surface area contributed by atoms with Crippen LogP contribution < -0.4 is 20.1 Å². The first kappa shape index (κ1) is 30.3. The highest BCUT2D eigenvalue weighted by Gasteiger charge is 2.35. The van der Waals surface area contributed by atoms with Crippen LogP contribution in [0.25, 0.3) is 11.1 Å². The molecule has 0 spiro atoms. The van der Waals surface area contributed by atoms with Crippen molar-refractivity contribution in [2.75, 3.05) is 28.4 Å². The van der Waals surface area contributed by atoms with Gasteiger partial charge in [0.15, 0.2) is 0 Å². The molecule has 2 N–H and O–H groups in total. The van der Waals surface area contributed by atoms with Crippen LogP contribution in [0.4, 0.5) is 4.79 Å². The minimum atomic E-state index is -1.18. The second kappa shape index (κ2) is 12.3. The van der Waals surface area contributed by atoms with Gasteiger partial charge in [0.25, 0.3) is 0 Å². The summed E-state index contributed by atoms with van der Waals surface area (Å²) in [6, 6.07) is 7.23. The van der Waals surface area contributed by atoms with E-state index in [1.54, 1.807) is 51.1 Å². The summed E-state index contributed by atoms with van der Waals surface area (Å²) in [6.45, 7) is 6.66. The number of likely N-dealkylation sites (N-methyl/N-ethyl adjacent to an activating group) is 1.